The molecule has 1 atom stereocenters. The summed E-state index contributed by atoms with van der Waals surface area (Å²) in [4.78, 5) is 22.5. The number of amides is 1. The first-order valence-corrected chi connectivity index (χ1v) is 7.62. The molecule has 2 aromatic rings. The largest absolute Gasteiger partial charge is 0.396 e. The Morgan fingerprint density at radius 2 is 2.04 bits per heavy atom. The lowest BCUT2D eigenvalue weighted by atomic mass is 9.95. The summed E-state index contributed by atoms with van der Waals surface area (Å²) in [7, 11) is 0. The summed E-state index contributed by atoms with van der Waals surface area (Å²) in [6, 6.07) is 7.47. The predicted octanol–water partition coefficient (Wildman–Crippen LogP) is 2.06. The SMILES string of the molecule is CCC(C)(CCO)NC(=O)c1ccn(-c2ccc([N+](=O)[O-])cc2)n1. The second kappa shape index (κ2) is 7.22. The van der Waals surface area contributed by atoms with E-state index in [2.05, 4.69) is 10.4 Å². The molecule has 0 aliphatic heterocycles. The van der Waals surface area contributed by atoms with Crippen molar-refractivity contribution in [2.45, 2.75) is 32.2 Å². The number of carbonyl (C=O) groups is 1. The molecular formula is C16H20N4O4. The lowest BCUT2D eigenvalue weighted by molar-refractivity contribution is -0.384. The van der Waals surface area contributed by atoms with E-state index in [-0.39, 0.29) is 23.9 Å². The van der Waals surface area contributed by atoms with Crippen molar-refractivity contribution in [3.8, 4) is 5.69 Å². The van der Waals surface area contributed by atoms with Crippen molar-refractivity contribution in [3.05, 3.63) is 52.3 Å². The van der Waals surface area contributed by atoms with Crippen molar-refractivity contribution in [2.75, 3.05) is 6.61 Å². The smallest absolute Gasteiger partial charge is 0.272 e. The van der Waals surface area contributed by atoms with Gasteiger partial charge in [0.05, 0.1) is 10.6 Å². The highest BCUT2D eigenvalue weighted by Gasteiger charge is 2.25. The van der Waals surface area contributed by atoms with Crippen LogP contribution in [0.2, 0.25) is 0 Å². The maximum atomic E-state index is 12.3. The number of nitro groups is 1. The van der Waals surface area contributed by atoms with Crippen LogP contribution in [0.15, 0.2) is 36.5 Å². The van der Waals surface area contributed by atoms with Gasteiger partial charge in [-0.3, -0.25) is 14.9 Å². The van der Waals surface area contributed by atoms with Crippen LogP contribution in [0.25, 0.3) is 5.69 Å². The van der Waals surface area contributed by atoms with Gasteiger partial charge in [0.1, 0.15) is 0 Å². The molecule has 0 radical (unpaired) electrons. The molecule has 0 fully saturated rings. The van der Waals surface area contributed by atoms with Crippen LogP contribution in [0, 0.1) is 10.1 Å². The van der Waals surface area contributed by atoms with Crippen LogP contribution >= 0.6 is 0 Å². The van der Waals surface area contributed by atoms with Crippen molar-refractivity contribution in [3.63, 3.8) is 0 Å². The molecule has 0 saturated heterocycles. The van der Waals surface area contributed by atoms with Gasteiger partial charge in [-0.1, -0.05) is 6.92 Å². The van der Waals surface area contributed by atoms with Crippen molar-refractivity contribution in [2.24, 2.45) is 0 Å². The van der Waals surface area contributed by atoms with Gasteiger partial charge in [-0.2, -0.15) is 5.10 Å². The molecule has 24 heavy (non-hydrogen) atoms. The molecule has 8 heteroatoms. The van der Waals surface area contributed by atoms with Gasteiger partial charge >= 0.3 is 0 Å². The van der Waals surface area contributed by atoms with E-state index < -0.39 is 10.5 Å². The first kappa shape index (κ1) is 17.6. The number of carbonyl (C=O) groups excluding carboxylic acids is 1. The molecule has 2 N–H and O–H groups in total. The average molecular weight is 332 g/mol. The summed E-state index contributed by atoms with van der Waals surface area (Å²) < 4.78 is 1.48. The van der Waals surface area contributed by atoms with Crippen LogP contribution in [-0.4, -0.2) is 37.9 Å². The molecule has 0 aliphatic carbocycles. The van der Waals surface area contributed by atoms with E-state index in [9.17, 15) is 14.9 Å². The third kappa shape index (κ3) is 3.96. The first-order chi connectivity index (χ1) is 11.4. The van der Waals surface area contributed by atoms with Gasteiger partial charge in [0.2, 0.25) is 0 Å². The quantitative estimate of drug-likeness (QED) is 0.595. The van der Waals surface area contributed by atoms with Crippen LogP contribution < -0.4 is 5.32 Å². The summed E-state index contributed by atoms with van der Waals surface area (Å²) in [6.07, 6.45) is 2.76. The fraction of sp³-hybridized carbons (Fsp3) is 0.375. The number of nitro benzene ring substituents is 1. The normalized spacial score (nSPS) is 13.3. The molecule has 1 amide bonds. The van der Waals surface area contributed by atoms with Crippen LogP contribution in [0.3, 0.4) is 0 Å². The minimum absolute atomic E-state index is 0.00779. The second-order valence-electron chi connectivity index (χ2n) is 5.76. The molecule has 128 valence electrons. The van der Waals surface area contributed by atoms with E-state index in [1.807, 2.05) is 13.8 Å². The summed E-state index contributed by atoms with van der Waals surface area (Å²) in [5.41, 5.74) is 0.356. The number of aliphatic hydroxyl groups is 1. The van der Waals surface area contributed by atoms with E-state index in [0.717, 1.165) is 0 Å². The van der Waals surface area contributed by atoms with Gasteiger partial charge < -0.3 is 10.4 Å². The van der Waals surface area contributed by atoms with Crippen LogP contribution in [0.4, 0.5) is 5.69 Å². The highest BCUT2D eigenvalue weighted by Crippen LogP contribution is 2.17. The van der Waals surface area contributed by atoms with Gasteiger partial charge in [0.25, 0.3) is 11.6 Å². The van der Waals surface area contributed by atoms with Gasteiger partial charge in [-0.15, -0.1) is 0 Å². The third-order valence-corrected chi connectivity index (χ3v) is 4.01. The molecule has 1 unspecified atom stereocenters. The molecule has 0 saturated carbocycles. The molecule has 0 aliphatic rings. The number of hydrogen-bond acceptors (Lipinski definition) is 5. The molecule has 8 nitrogen and oxygen atoms in total. The molecular weight excluding hydrogens is 312 g/mol. The van der Waals surface area contributed by atoms with Gasteiger partial charge in [-0.05, 0) is 38.0 Å². The van der Waals surface area contributed by atoms with E-state index in [4.69, 9.17) is 5.11 Å². The molecule has 1 heterocycles. The topological polar surface area (TPSA) is 110 Å². The highest BCUT2D eigenvalue weighted by atomic mass is 16.6. The number of aromatic nitrogens is 2. The van der Waals surface area contributed by atoms with Crippen molar-refractivity contribution >= 4 is 11.6 Å². The van der Waals surface area contributed by atoms with Crippen LogP contribution in [0.5, 0.6) is 0 Å². The van der Waals surface area contributed by atoms with Gasteiger partial charge in [0, 0.05) is 30.5 Å². The van der Waals surface area contributed by atoms with E-state index in [1.165, 1.54) is 16.8 Å². The third-order valence-electron chi connectivity index (χ3n) is 4.01. The molecule has 2 rings (SSSR count). The minimum Gasteiger partial charge on any atom is -0.396 e. The Labute approximate surface area is 139 Å². The summed E-state index contributed by atoms with van der Waals surface area (Å²) in [5, 5.41) is 26.9. The monoisotopic (exact) mass is 332 g/mol. The summed E-state index contributed by atoms with van der Waals surface area (Å²) in [5.74, 6) is -0.325. The Kier molecular flexibility index (Phi) is 5.30. The highest BCUT2D eigenvalue weighted by molar-refractivity contribution is 5.92. The zero-order valence-corrected chi connectivity index (χ0v) is 13.6. The lowest BCUT2D eigenvalue weighted by Crippen LogP contribution is -2.46. The Hall–Kier alpha value is -2.74. The van der Waals surface area contributed by atoms with E-state index >= 15 is 0 Å². The molecule has 1 aromatic heterocycles. The Morgan fingerprint density at radius 3 is 2.58 bits per heavy atom. The maximum absolute atomic E-state index is 12.3. The maximum Gasteiger partial charge on any atom is 0.272 e. The van der Waals surface area contributed by atoms with Crippen molar-refractivity contribution in [1.82, 2.24) is 15.1 Å². The number of aliphatic hydroxyl groups excluding tert-OH is 1. The molecule has 1 aromatic carbocycles. The van der Waals surface area contributed by atoms with Crippen molar-refractivity contribution < 1.29 is 14.8 Å². The molecule has 0 bridgehead atoms. The Bertz CT molecular complexity index is 726. The number of benzene rings is 1. The lowest BCUT2D eigenvalue weighted by Gasteiger charge is -2.28. The average Bonchev–Trinajstić information content (AvgIpc) is 3.05. The van der Waals surface area contributed by atoms with E-state index in [1.54, 1.807) is 24.4 Å². The Balaban J connectivity index is 2.15. The number of nitrogens with one attached hydrogen (secondary N) is 1. The number of non-ortho nitro benzene ring substituents is 1. The second-order valence-corrected chi connectivity index (χ2v) is 5.76. The standard InChI is InChI=1S/C16H20N4O4/c1-3-16(2,9-11-21)17-15(22)14-8-10-19(18-14)12-4-6-13(7-5-12)20(23)24/h4-8,10,21H,3,9,11H2,1-2H3,(H,17,22). The van der Waals surface area contributed by atoms with Crippen molar-refractivity contribution in [1.29, 1.82) is 0 Å². The van der Waals surface area contributed by atoms with Gasteiger partial charge in [-0.25, -0.2) is 4.68 Å². The zero-order chi connectivity index (χ0) is 17.7. The zero-order valence-electron chi connectivity index (χ0n) is 13.6. The van der Waals surface area contributed by atoms with Crippen LogP contribution in [0.1, 0.15) is 37.2 Å². The predicted molar refractivity (Wildman–Crippen MR) is 88.1 cm³/mol. The summed E-state index contributed by atoms with van der Waals surface area (Å²) in [6.45, 7) is 3.79. The minimum atomic E-state index is -0.497. The first-order valence-electron chi connectivity index (χ1n) is 7.62. The summed E-state index contributed by atoms with van der Waals surface area (Å²) >= 11 is 0. The van der Waals surface area contributed by atoms with E-state index in [0.29, 0.717) is 18.5 Å². The van der Waals surface area contributed by atoms with Gasteiger partial charge in [0.15, 0.2) is 5.69 Å². The fourth-order valence-electron chi connectivity index (χ4n) is 2.23. The number of hydrogen-bond donors (Lipinski definition) is 2. The number of rotatable bonds is 7. The Morgan fingerprint density at radius 1 is 1.38 bits per heavy atom. The number of nitrogens with zero attached hydrogens (tertiary/aromatic N) is 3. The van der Waals surface area contributed by atoms with Crippen LogP contribution in [-0.2, 0) is 0 Å². The fourth-order valence-corrected chi connectivity index (χ4v) is 2.23. The molecule has 0 spiro atoms.